The zero-order chi connectivity index (χ0) is 10.8. The first-order valence-corrected chi connectivity index (χ1v) is 5.00. The van der Waals surface area contributed by atoms with Crippen molar-refractivity contribution in [2.24, 2.45) is 0 Å². The highest BCUT2D eigenvalue weighted by molar-refractivity contribution is 5.85. The Morgan fingerprint density at radius 2 is 1.88 bits per heavy atom. The molecule has 0 saturated carbocycles. The third-order valence-electron chi connectivity index (χ3n) is 2.52. The molecule has 8 heteroatoms. The summed E-state index contributed by atoms with van der Waals surface area (Å²) < 4.78 is 0. The predicted molar refractivity (Wildman–Crippen MR) is 73.6 cm³/mol. The van der Waals surface area contributed by atoms with Gasteiger partial charge in [0.15, 0.2) is 0 Å². The minimum Gasteiger partial charge on any atom is -0.369 e. The molecule has 6 nitrogen and oxygen atoms in total. The molecule has 0 aromatic carbocycles. The van der Waals surface area contributed by atoms with Crippen molar-refractivity contribution in [3.63, 3.8) is 0 Å². The first kappa shape index (κ1) is 16.0. The van der Waals surface area contributed by atoms with Crippen molar-refractivity contribution >= 4 is 36.4 Å². The fourth-order valence-electron chi connectivity index (χ4n) is 1.86. The Morgan fingerprint density at radius 3 is 2.41 bits per heavy atom. The minimum atomic E-state index is -0.151. The Hall–Kier alpha value is -0.980. The Balaban J connectivity index is 0.00000128. The lowest BCUT2D eigenvalue weighted by molar-refractivity contribution is 0.585. The molecule has 1 aliphatic rings. The van der Waals surface area contributed by atoms with E-state index in [1.54, 1.807) is 0 Å². The smallest absolute Gasteiger partial charge is 0.276 e. The van der Waals surface area contributed by atoms with Gasteiger partial charge in [-0.1, -0.05) is 0 Å². The molecule has 1 saturated heterocycles. The van der Waals surface area contributed by atoms with Gasteiger partial charge in [-0.3, -0.25) is 9.78 Å². The van der Waals surface area contributed by atoms with Gasteiger partial charge in [0.05, 0.1) is 5.69 Å². The Morgan fingerprint density at radius 1 is 1.29 bits per heavy atom. The van der Waals surface area contributed by atoms with E-state index in [0.717, 1.165) is 26.2 Å². The molecule has 0 bridgehead atoms. The van der Waals surface area contributed by atoms with E-state index in [9.17, 15) is 4.79 Å². The molecule has 1 aliphatic heterocycles. The third-order valence-corrected chi connectivity index (χ3v) is 2.52. The SMILES string of the molecule is Cc1nc(N)[nH]c(=O)c1N1CCNCC1.Cl.Cl. The minimum absolute atomic E-state index is 0. The monoisotopic (exact) mass is 281 g/mol. The molecule has 98 valence electrons. The summed E-state index contributed by atoms with van der Waals surface area (Å²) in [4.78, 5) is 20.4. The lowest BCUT2D eigenvalue weighted by atomic mass is 10.3. The quantitative estimate of drug-likeness (QED) is 0.670. The predicted octanol–water partition coefficient (Wildman–Crippen LogP) is -0.0863. The van der Waals surface area contributed by atoms with E-state index in [4.69, 9.17) is 5.73 Å². The summed E-state index contributed by atoms with van der Waals surface area (Å²) in [7, 11) is 0. The summed E-state index contributed by atoms with van der Waals surface area (Å²) in [6.07, 6.45) is 0. The number of anilines is 2. The Labute approximate surface area is 112 Å². The van der Waals surface area contributed by atoms with Gasteiger partial charge in [0.25, 0.3) is 5.56 Å². The fraction of sp³-hybridized carbons (Fsp3) is 0.556. The van der Waals surface area contributed by atoms with E-state index in [1.807, 2.05) is 11.8 Å². The molecule has 0 radical (unpaired) electrons. The fourth-order valence-corrected chi connectivity index (χ4v) is 1.86. The van der Waals surface area contributed by atoms with Crippen LogP contribution in [0.1, 0.15) is 5.69 Å². The summed E-state index contributed by atoms with van der Waals surface area (Å²) in [5.41, 5.74) is 6.65. The van der Waals surface area contributed by atoms with E-state index in [2.05, 4.69) is 15.3 Å². The maximum Gasteiger partial charge on any atom is 0.276 e. The van der Waals surface area contributed by atoms with Crippen molar-refractivity contribution in [1.29, 1.82) is 0 Å². The number of aromatic amines is 1. The highest BCUT2D eigenvalue weighted by Crippen LogP contribution is 2.13. The van der Waals surface area contributed by atoms with Gasteiger partial charge in [0.2, 0.25) is 5.95 Å². The van der Waals surface area contributed by atoms with Crippen LogP contribution in [0, 0.1) is 6.92 Å². The highest BCUT2D eigenvalue weighted by Gasteiger charge is 2.17. The van der Waals surface area contributed by atoms with Crippen LogP contribution in [-0.4, -0.2) is 36.1 Å². The van der Waals surface area contributed by atoms with E-state index in [0.29, 0.717) is 11.4 Å². The molecular weight excluding hydrogens is 265 g/mol. The van der Waals surface area contributed by atoms with Crippen LogP contribution in [0.2, 0.25) is 0 Å². The number of halogens is 2. The van der Waals surface area contributed by atoms with Crippen LogP contribution < -0.4 is 21.5 Å². The summed E-state index contributed by atoms with van der Waals surface area (Å²) in [5, 5.41) is 3.24. The van der Waals surface area contributed by atoms with Gasteiger partial charge < -0.3 is 16.0 Å². The second-order valence-corrected chi connectivity index (χ2v) is 3.62. The molecule has 1 aromatic heterocycles. The van der Waals surface area contributed by atoms with Crippen LogP contribution >= 0.6 is 24.8 Å². The number of hydrogen-bond donors (Lipinski definition) is 3. The number of H-pyrrole nitrogens is 1. The average molecular weight is 282 g/mol. The number of piperazine rings is 1. The number of aryl methyl sites for hydroxylation is 1. The summed E-state index contributed by atoms with van der Waals surface area (Å²) >= 11 is 0. The highest BCUT2D eigenvalue weighted by atomic mass is 35.5. The van der Waals surface area contributed by atoms with E-state index in [1.165, 1.54) is 0 Å². The van der Waals surface area contributed by atoms with Crippen LogP contribution in [-0.2, 0) is 0 Å². The molecule has 0 spiro atoms. The first-order valence-electron chi connectivity index (χ1n) is 5.00. The number of hydrogen-bond acceptors (Lipinski definition) is 5. The van der Waals surface area contributed by atoms with E-state index >= 15 is 0 Å². The largest absolute Gasteiger partial charge is 0.369 e. The van der Waals surface area contributed by atoms with Crippen molar-refractivity contribution in [3.05, 3.63) is 16.0 Å². The van der Waals surface area contributed by atoms with E-state index < -0.39 is 0 Å². The molecule has 17 heavy (non-hydrogen) atoms. The number of nitrogens with two attached hydrogens (primary N) is 1. The molecule has 2 heterocycles. The molecule has 0 unspecified atom stereocenters. The second-order valence-electron chi connectivity index (χ2n) is 3.62. The Kier molecular flexibility index (Phi) is 6.30. The number of nitrogens with zero attached hydrogens (tertiary/aromatic N) is 2. The summed E-state index contributed by atoms with van der Waals surface area (Å²) in [5.74, 6) is 0.177. The standard InChI is InChI=1S/C9H15N5O.2ClH/c1-6-7(8(15)13-9(10)12-6)14-4-2-11-3-5-14;;/h11H,2-5H2,1H3,(H3,10,12,13,15);2*1H. The van der Waals surface area contributed by atoms with Crippen molar-refractivity contribution in [3.8, 4) is 0 Å². The second kappa shape index (κ2) is 6.68. The van der Waals surface area contributed by atoms with Crippen LogP contribution in [0.25, 0.3) is 0 Å². The Bertz CT molecular complexity index is 416. The maximum atomic E-state index is 11.7. The molecular formula is C9H17Cl2N5O. The normalized spacial score (nSPS) is 14.8. The van der Waals surface area contributed by atoms with Gasteiger partial charge in [-0.2, -0.15) is 0 Å². The van der Waals surface area contributed by atoms with E-state index in [-0.39, 0.29) is 36.3 Å². The first-order chi connectivity index (χ1) is 7.18. The van der Waals surface area contributed by atoms with Crippen LogP contribution in [0.3, 0.4) is 0 Å². The molecule has 0 aliphatic carbocycles. The summed E-state index contributed by atoms with van der Waals surface area (Å²) in [6.45, 7) is 5.25. The lowest BCUT2D eigenvalue weighted by Crippen LogP contribution is -2.46. The van der Waals surface area contributed by atoms with Crippen LogP contribution in [0.5, 0.6) is 0 Å². The number of aromatic nitrogens is 2. The van der Waals surface area contributed by atoms with Crippen molar-refractivity contribution in [1.82, 2.24) is 15.3 Å². The van der Waals surface area contributed by atoms with Gasteiger partial charge in [-0.25, -0.2) is 4.98 Å². The molecule has 0 atom stereocenters. The van der Waals surface area contributed by atoms with Gasteiger partial charge in [-0.05, 0) is 6.92 Å². The third kappa shape index (κ3) is 3.49. The maximum absolute atomic E-state index is 11.7. The van der Waals surface area contributed by atoms with Crippen LogP contribution in [0.4, 0.5) is 11.6 Å². The summed E-state index contributed by atoms with van der Waals surface area (Å²) in [6, 6.07) is 0. The van der Waals surface area contributed by atoms with Gasteiger partial charge >= 0.3 is 0 Å². The zero-order valence-electron chi connectivity index (χ0n) is 9.52. The number of rotatable bonds is 1. The molecule has 4 N–H and O–H groups in total. The van der Waals surface area contributed by atoms with Crippen molar-refractivity contribution in [2.45, 2.75) is 6.92 Å². The topological polar surface area (TPSA) is 87.0 Å². The van der Waals surface area contributed by atoms with Crippen molar-refractivity contribution < 1.29 is 0 Å². The van der Waals surface area contributed by atoms with Gasteiger partial charge in [0, 0.05) is 26.2 Å². The molecule has 1 fully saturated rings. The van der Waals surface area contributed by atoms with Gasteiger partial charge in [0.1, 0.15) is 5.69 Å². The van der Waals surface area contributed by atoms with Crippen molar-refractivity contribution in [2.75, 3.05) is 36.8 Å². The lowest BCUT2D eigenvalue weighted by Gasteiger charge is -2.29. The molecule has 2 rings (SSSR count). The van der Waals surface area contributed by atoms with Crippen LogP contribution in [0.15, 0.2) is 4.79 Å². The van der Waals surface area contributed by atoms with Gasteiger partial charge in [-0.15, -0.1) is 24.8 Å². The zero-order valence-corrected chi connectivity index (χ0v) is 11.2. The number of nitrogen functional groups attached to an aromatic ring is 1. The average Bonchev–Trinajstić information content (AvgIpc) is 2.17. The number of nitrogens with one attached hydrogen (secondary N) is 2. The molecule has 0 amide bonds. The molecule has 1 aromatic rings.